The van der Waals surface area contributed by atoms with Crippen LogP contribution >= 0.6 is 11.3 Å². The van der Waals surface area contributed by atoms with E-state index in [1.54, 1.807) is 24.3 Å². The van der Waals surface area contributed by atoms with Gasteiger partial charge in [0.15, 0.2) is 0 Å². The lowest BCUT2D eigenvalue weighted by molar-refractivity contribution is -0.269. The fourth-order valence-corrected chi connectivity index (χ4v) is 4.76. The van der Waals surface area contributed by atoms with Crippen LogP contribution in [0.15, 0.2) is 48.7 Å². The van der Waals surface area contributed by atoms with Gasteiger partial charge >= 0.3 is 6.18 Å². The number of alkyl halides is 3. The molecule has 4 aromatic rings. The van der Waals surface area contributed by atoms with Gasteiger partial charge in [0.05, 0.1) is 12.7 Å². The van der Waals surface area contributed by atoms with E-state index in [9.17, 15) is 27.5 Å². The second kappa shape index (κ2) is 8.23. The zero-order valence-corrected chi connectivity index (χ0v) is 18.0. The average Bonchev–Trinajstić information content (AvgIpc) is 3.37. The van der Waals surface area contributed by atoms with Crippen LogP contribution in [0, 0.1) is 5.82 Å². The lowest BCUT2D eigenvalue weighted by atomic mass is 9.96. The maximum absolute atomic E-state index is 13.8. The molecule has 0 spiro atoms. The molecule has 3 N–H and O–H groups in total. The summed E-state index contributed by atoms with van der Waals surface area (Å²) in [5.41, 5.74) is 3.59. The lowest BCUT2D eigenvalue weighted by Gasteiger charge is -2.26. The third-order valence-electron chi connectivity index (χ3n) is 5.38. The highest BCUT2D eigenvalue weighted by molar-refractivity contribution is 7.21. The summed E-state index contributed by atoms with van der Waals surface area (Å²) in [4.78, 5) is 12.3. The van der Waals surface area contributed by atoms with Crippen LogP contribution in [0.4, 0.5) is 17.6 Å². The number of nitrogens with two attached hydrogens (primary N) is 1. The van der Waals surface area contributed by atoms with Gasteiger partial charge in [0.1, 0.15) is 16.4 Å². The summed E-state index contributed by atoms with van der Waals surface area (Å²) in [5.74, 6) is -1.10. The van der Waals surface area contributed by atoms with Crippen molar-refractivity contribution in [2.75, 3.05) is 0 Å². The van der Waals surface area contributed by atoms with E-state index >= 15 is 0 Å². The number of amides is 1. The molecule has 0 saturated heterocycles. The molecule has 0 aliphatic heterocycles. The van der Waals surface area contributed by atoms with E-state index in [0.29, 0.717) is 26.8 Å². The molecular formula is C22H18F4N4O2S. The molecule has 33 heavy (non-hydrogen) atoms. The van der Waals surface area contributed by atoms with Gasteiger partial charge in [0.25, 0.3) is 5.91 Å². The number of thiophene rings is 1. The number of carbonyl (C=O) groups is 1. The molecular weight excluding hydrogens is 460 g/mol. The minimum Gasteiger partial charge on any atom is -0.375 e. The van der Waals surface area contributed by atoms with Gasteiger partial charge in [-0.1, -0.05) is 36.4 Å². The van der Waals surface area contributed by atoms with Gasteiger partial charge in [-0.25, -0.2) is 9.07 Å². The fraction of sp³-hybridized carbons (Fsp3) is 0.227. The van der Waals surface area contributed by atoms with Gasteiger partial charge in [0.2, 0.25) is 5.60 Å². The van der Waals surface area contributed by atoms with E-state index in [1.807, 2.05) is 0 Å². The number of benzene rings is 2. The standard InChI is InChI=1S/C22H18F4N4O2S/c1-2-21(32,22(24,25)26)17-11-30(29-28-17)10-12-6-7-15-16(8-12)33-19(20(27)31)18(15)13-4-3-5-14(23)9-13/h3-9,11,32H,2,10H2,1H3,(H2,27,31). The van der Waals surface area contributed by atoms with Crippen LogP contribution in [-0.2, 0) is 12.1 Å². The molecule has 1 atom stereocenters. The zero-order valence-electron chi connectivity index (χ0n) is 17.2. The second-order valence-electron chi connectivity index (χ2n) is 7.52. The molecule has 0 aliphatic carbocycles. The van der Waals surface area contributed by atoms with Crippen LogP contribution in [0.5, 0.6) is 0 Å². The molecule has 11 heteroatoms. The predicted molar refractivity (Wildman–Crippen MR) is 115 cm³/mol. The largest absolute Gasteiger partial charge is 0.423 e. The first-order valence-corrected chi connectivity index (χ1v) is 10.7. The summed E-state index contributed by atoms with van der Waals surface area (Å²) in [6.45, 7) is 1.30. The molecule has 4 rings (SSSR count). The molecule has 0 aliphatic rings. The van der Waals surface area contributed by atoms with E-state index in [-0.39, 0.29) is 11.4 Å². The summed E-state index contributed by atoms with van der Waals surface area (Å²) in [5, 5.41) is 18.0. The molecule has 0 radical (unpaired) electrons. The smallest absolute Gasteiger partial charge is 0.375 e. The Hall–Kier alpha value is -3.31. The zero-order chi connectivity index (χ0) is 24.0. The van der Waals surface area contributed by atoms with Gasteiger partial charge in [-0.15, -0.1) is 16.4 Å². The number of aliphatic hydroxyl groups is 1. The molecule has 2 aromatic heterocycles. The summed E-state index contributed by atoms with van der Waals surface area (Å²) in [6, 6.07) is 11.0. The number of primary amides is 1. The number of rotatable bonds is 6. The maximum atomic E-state index is 13.8. The van der Waals surface area contributed by atoms with Crippen molar-refractivity contribution in [3.8, 4) is 11.1 Å². The lowest BCUT2D eigenvalue weighted by Crippen LogP contribution is -2.42. The van der Waals surface area contributed by atoms with Crippen molar-refractivity contribution in [3.05, 3.63) is 70.6 Å². The molecule has 6 nitrogen and oxygen atoms in total. The number of hydrogen-bond acceptors (Lipinski definition) is 5. The second-order valence-corrected chi connectivity index (χ2v) is 8.58. The molecule has 172 valence electrons. The molecule has 1 unspecified atom stereocenters. The Morgan fingerprint density at radius 3 is 2.61 bits per heavy atom. The normalized spacial score (nSPS) is 13.9. The number of nitrogens with zero attached hydrogens (tertiary/aromatic N) is 3. The van der Waals surface area contributed by atoms with Crippen LogP contribution in [0.25, 0.3) is 21.2 Å². The van der Waals surface area contributed by atoms with Crippen molar-refractivity contribution >= 4 is 27.3 Å². The Kier molecular flexibility index (Phi) is 5.71. The van der Waals surface area contributed by atoms with E-state index < -0.39 is 35.6 Å². The third-order valence-corrected chi connectivity index (χ3v) is 6.55. The van der Waals surface area contributed by atoms with Crippen molar-refractivity contribution in [1.29, 1.82) is 0 Å². The van der Waals surface area contributed by atoms with E-state index in [1.165, 1.54) is 29.8 Å². The first-order valence-electron chi connectivity index (χ1n) is 9.84. The van der Waals surface area contributed by atoms with Gasteiger partial charge in [-0.3, -0.25) is 4.79 Å². The Morgan fingerprint density at radius 1 is 1.21 bits per heavy atom. The van der Waals surface area contributed by atoms with Crippen LogP contribution in [0.1, 0.15) is 34.3 Å². The van der Waals surface area contributed by atoms with Gasteiger partial charge < -0.3 is 10.8 Å². The predicted octanol–water partition coefficient (Wildman–Crippen LogP) is 4.61. The molecule has 2 aromatic carbocycles. The van der Waals surface area contributed by atoms with Crippen LogP contribution in [0.3, 0.4) is 0 Å². The number of halogens is 4. The Morgan fingerprint density at radius 2 is 1.97 bits per heavy atom. The van der Waals surface area contributed by atoms with Crippen molar-refractivity contribution < 1.29 is 27.5 Å². The first-order chi connectivity index (χ1) is 15.5. The third kappa shape index (κ3) is 4.09. The van der Waals surface area contributed by atoms with Crippen LogP contribution < -0.4 is 5.73 Å². The number of hydrogen-bond donors (Lipinski definition) is 2. The quantitative estimate of drug-likeness (QED) is 0.396. The maximum Gasteiger partial charge on any atom is 0.423 e. The molecule has 2 heterocycles. The van der Waals surface area contributed by atoms with E-state index in [4.69, 9.17) is 5.73 Å². The van der Waals surface area contributed by atoms with E-state index in [2.05, 4.69) is 10.3 Å². The topological polar surface area (TPSA) is 94.0 Å². The SMILES string of the molecule is CCC(O)(c1cn(Cc2ccc3c(-c4cccc(F)c4)c(C(N)=O)sc3c2)nn1)C(F)(F)F. The Bertz CT molecular complexity index is 1350. The van der Waals surface area contributed by atoms with Crippen LogP contribution in [0.2, 0.25) is 0 Å². The highest BCUT2D eigenvalue weighted by atomic mass is 32.1. The highest BCUT2D eigenvalue weighted by Gasteiger charge is 2.55. The summed E-state index contributed by atoms with van der Waals surface area (Å²) < 4.78 is 55.5. The molecule has 0 saturated carbocycles. The van der Waals surface area contributed by atoms with Gasteiger partial charge in [-0.05, 0) is 35.7 Å². The van der Waals surface area contributed by atoms with E-state index in [0.717, 1.165) is 17.5 Å². The van der Waals surface area contributed by atoms with Crippen LogP contribution in [-0.4, -0.2) is 32.2 Å². The number of aromatic nitrogens is 3. The Labute approximate surface area is 189 Å². The van der Waals surface area contributed by atoms with Crippen molar-refractivity contribution in [2.24, 2.45) is 5.73 Å². The minimum atomic E-state index is -4.89. The van der Waals surface area contributed by atoms with Crippen molar-refractivity contribution in [1.82, 2.24) is 15.0 Å². The summed E-state index contributed by atoms with van der Waals surface area (Å²) >= 11 is 1.14. The van der Waals surface area contributed by atoms with Gasteiger partial charge in [-0.2, -0.15) is 13.2 Å². The highest BCUT2D eigenvalue weighted by Crippen LogP contribution is 2.41. The molecule has 0 fully saturated rings. The van der Waals surface area contributed by atoms with Gasteiger partial charge in [0, 0.05) is 15.6 Å². The minimum absolute atomic E-state index is 0.0830. The average molecular weight is 478 g/mol. The number of carbonyl (C=O) groups excluding carboxylic acids is 1. The summed E-state index contributed by atoms with van der Waals surface area (Å²) in [6.07, 6.45) is -4.44. The Balaban J connectivity index is 1.71. The molecule has 1 amide bonds. The fourth-order valence-electron chi connectivity index (χ4n) is 3.62. The molecule has 0 bridgehead atoms. The first kappa shape index (κ1) is 22.9. The summed E-state index contributed by atoms with van der Waals surface area (Å²) in [7, 11) is 0. The van der Waals surface area contributed by atoms with Crippen molar-refractivity contribution in [2.45, 2.75) is 31.7 Å². The monoisotopic (exact) mass is 478 g/mol. The number of fused-ring (bicyclic) bond motifs is 1. The van der Waals surface area contributed by atoms with Crippen molar-refractivity contribution in [3.63, 3.8) is 0 Å².